The van der Waals surface area contributed by atoms with Crippen molar-refractivity contribution in [2.75, 3.05) is 7.11 Å². The van der Waals surface area contributed by atoms with E-state index in [1.54, 1.807) is 12.1 Å². The number of rotatable bonds is 5. The van der Waals surface area contributed by atoms with Crippen LogP contribution < -0.4 is 10.1 Å². The molecule has 0 aliphatic carbocycles. The van der Waals surface area contributed by atoms with Gasteiger partial charge >= 0.3 is 6.18 Å². The first-order valence-electron chi connectivity index (χ1n) is 6.59. The van der Waals surface area contributed by atoms with Gasteiger partial charge in [-0.05, 0) is 29.3 Å². The Kier molecular flexibility index (Phi) is 5.03. The maximum absolute atomic E-state index is 13.5. The zero-order chi connectivity index (χ0) is 16.2. The first kappa shape index (κ1) is 16.3. The standard InChI is InChI=1S/C16H15F4NO/c1-22-15-6-5-12(8-14(15)17)10-21-9-11-3-2-4-13(7-11)16(18,19)20/h2-8,21H,9-10H2,1H3. The number of benzene rings is 2. The second-order valence-corrected chi connectivity index (χ2v) is 4.77. The minimum absolute atomic E-state index is 0.154. The zero-order valence-electron chi connectivity index (χ0n) is 11.9. The molecule has 6 heteroatoms. The monoisotopic (exact) mass is 313 g/mol. The minimum Gasteiger partial charge on any atom is -0.494 e. The maximum atomic E-state index is 13.5. The lowest BCUT2D eigenvalue weighted by atomic mass is 10.1. The lowest BCUT2D eigenvalue weighted by molar-refractivity contribution is -0.137. The molecule has 22 heavy (non-hydrogen) atoms. The number of halogens is 4. The Bertz CT molecular complexity index is 640. The number of hydrogen-bond acceptors (Lipinski definition) is 2. The summed E-state index contributed by atoms with van der Waals surface area (Å²) in [5.74, 6) is -0.317. The zero-order valence-corrected chi connectivity index (χ0v) is 11.9. The van der Waals surface area contributed by atoms with E-state index in [9.17, 15) is 17.6 Å². The number of ether oxygens (including phenoxy) is 1. The Balaban J connectivity index is 1.95. The minimum atomic E-state index is -4.35. The number of nitrogens with one attached hydrogen (secondary N) is 1. The van der Waals surface area contributed by atoms with Crippen LogP contribution in [0.4, 0.5) is 17.6 Å². The van der Waals surface area contributed by atoms with Gasteiger partial charge < -0.3 is 10.1 Å². The van der Waals surface area contributed by atoms with Crippen molar-refractivity contribution in [3.05, 3.63) is 65.0 Å². The Morgan fingerprint density at radius 3 is 2.27 bits per heavy atom. The van der Waals surface area contributed by atoms with Crippen molar-refractivity contribution < 1.29 is 22.3 Å². The molecule has 0 amide bonds. The molecule has 0 saturated heterocycles. The van der Waals surface area contributed by atoms with Gasteiger partial charge in [0.1, 0.15) is 0 Å². The van der Waals surface area contributed by atoms with E-state index in [0.29, 0.717) is 17.7 Å². The van der Waals surface area contributed by atoms with Crippen molar-refractivity contribution in [1.82, 2.24) is 5.32 Å². The highest BCUT2D eigenvalue weighted by Crippen LogP contribution is 2.29. The van der Waals surface area contributed by atoms with Gasteiger partial charge in [0.2, 0.25) is 0 Å². The average Bonchev–Trinajstić information content (AvgIpc) is 2.47. The fourth-order valence-electron chi connectivity index (χ4n) is 2.03. The third-order valence-electron chi connectivity index (χ3n) is 3.13. The average molecular weight is 313 g/mol. The van der Waals surface area contributed by atoms with Crippen LogP contribution in [0.5, 0.6) is 5.75 Å². The van der Waals surface area contributed by atoms with Gasteiger partial charge in [-0.15, -0.1) is 0 Å². The summed E-state index contributed by atoms with van der Waals surface area (Å²) in [5, 5.41) is 2.99. The molecule has 0 atom stereocenters. The predicted octanol–water partition coefficient (Wildman–Crippen LogP) is 4.14. The molecule has 0 bridgehead atoms. The van der Waals surface area contributed by atoms with Crippen LogP contribution in [0.1, 0.15) is 16.7 Å². The topological polar surface area (TPSA) is 21.3 Å². The molecule has 0 aliphatic rings. The van der Waals surface area contributed by atoms with E-state index in [4.69, 9.17) is 4.74 Å². The second-order valence-electron chi connectivity index (χ2n) is 4.77. The molecule has 1 N–H and O–H groups in total. The smallest absolute Gasteiger partial charge is 0.416 e. The van der Waals surface area contributed by atoms with Crippen molar-refractivity contribution in [3.8, 4) is 5.75 Å². The summed E-state index contributed by atoms with van der Waals surface area (Å²) in [6, 6.07) is 9.64. The van der Waals surface area contributed by atoms with Crippen LogP contribution in [0.15, 0.2) is 42.5 Å². The predicted molar refractivity (Wildman–Crippen MR) is 74.9 cm³/mol. The van der Waals surface area contributed by atoms with Crippen LogP contribution >= 0.6 is 0 Å². The molecule has 0 aliphatic heterocycles. The van der Waals surface area contributed by atoms with Crippen LogP contribution in [-0.4, -0.2) is 7.11 Å². The molecule has 2 aromatic rings. The van der Waals surface area contributed by atoms with E-state index in [-0.39, 0.29) is 12.3 Å². The molecule has 0 fully saturated rings. The van der Waals surface area contributed by atoms with E-state index in [1.807, 2.05) is 0 Å². The normalized spacial score (nSPS) is 11.5. The van der Waals surface area contributed by atoms with E-state index in [0.717, 1.165) is 12.1 Å². The van der Waals surface area contributed by atoms with Gasteiger partial charge in [-0.1, -0.05) is 24.3 Å². The largest absolute Gasteiger partial charge is 0.494 e. The molecular weight excluding hydrogens is 298 g/mol. The van der Waals surface area contributed by atoms with E-state index in [2.05, 4.69) is 5.32 Å². The highest BCUT2D eigenvalue weighted by molar-refractivity contribution is 5.29. The quantitative estimate of drug-likeness (QED) is 0.838. The molecule has 0 saturated carbocycles. The van der Waals surface area contributed by atoms with Crippen LogP contribution in [0.3, 0.4) is 0 Å². The lowest BCUT2D eigenvalue weighted by Gasteiger charge is -2.10. The number of methoxy groups -OCH3 is 1. The van der Waals surface area contributed by atoms with Gasteiger partial charge in [-0.3, -0.25) is 0 Å². The van der Waals surface area contributed by atoms with Gasteiger partial charge in [0.05, 0.1) is 12.7 Å². The fraction of sp³-hybridized carbons (Fsp3) is 0.250. The molecule has 0 heterocycles. The van der Waals surface area contributed by atoms with Crippen LogP contribution in [0, 0.1) is 5.82 Å². The molecular formula is C16H15F4NO. The van der Waals surface area contributed by atoms with Gasteiger partial charge in [-0.25, -0.2) is 4.39 Å². The summed E-state index contributed by atoms with van der Waals surface area (Å²) in [4.78, 5) is 0. The van der Waals surface area contributed by atoms with Gasteiger partial charge in [0.15, 0.2) is 11.6 Å². The fourth-order valence-corrected chi connectivity index (χ4v) is 2.03. The number of alkyl halides is 3. The molecule has 0 aromatic heterocycles. The molecule has 0 radical (unpaired) electrons. The van der Waals surface area contributed by atoms with E-state index >= 15 is 0 Å². The van der Waals surface area contributed by atoms with Crippen molar-refractivity contribution in [1.29, 1.82) is 0 Å². The van der Waals surface area contributed by atoms with Gasteiger partial charge in [0, 0.05) is 13.1 Å². The summed E-state index contributed by atoms with van der Waals surface area (Å²) in [7, 11) is 1.38. The lowest BCUT2D eigenvalue weighted by Crippen LogP contribution is -2.14. The first-order valence-corrected chi connectivity index (χ1v) is 6.59. The van der Waals surface area contributed by atoms with Crippen LogP contribution in [0.2, 0.25) is 0 Å². The molecule has 2 rings (SSSR count). The Morgan fingerprint density at radius 1 is 1.00 bits per heavy atom. The van der Waals surface area contributed by atoms with Crippen molar-refractivity contribution in [2.45, 2.75) is 19.3 Å². The molecule has 2 aromatic carbocycles. The van der Waals surface area contributed by atoms with Crippen LogP contribution in [0.25, 0.3) is 0 Å². The van der Waals surface area contributed by atoms with E-state index in [1.165, 1.54) is 25.3 Å². The molecule has 2 nitrogen and oxygen atoms in total. The Morgan fingerprint density at radius 2 is 1.68 bits per heavy atom. The van der Waals surface area contributed by atoms with Crippen LogP contribution in [-0.2, 0) is 19.3 Å². The highest BCUT2D eigenvalue weighted by atomic mass is 19.4. The Labute approximate surface area is 125 Å². The summed E-state index contributed by atoms with van der Waals surface area (Å²) in [6.07, 6.45) is -4.35. The summed E-state index contributed by atoms with van der Waals surface area (Å²) < 4.78 is 56.1. The summed E-state index contributed by atoms with van der Waals surface area (Å²) in [5.41, 5.74) is 0.524. The highest BCUT2D eigenvalue weighted by Gasteiger charge is 2.30. The molecule has 118 valence electrons. The third kappa shape index (κ3) is 4.21. The van der Waals surface area contributed by atoms with Crippen molar-refractivity contribution in [2.24, 2.45) is 0 Å². The second kappa shape index (κ2) is 6.79. The SMILES string of the molecule is COc1ccc(CNCc2cccc(C(F)(F)F)c2)cc1F. The van der Waals surface area contributed by atoms with E-state index < -0.39 is 17.6 Å². The summed E-state index contributed by atoms with van der Waals surface area (Å²) >= 11 is 0. The van der Waals surface area contributed by atoms with Crippen molar-refractivity contribution >= 4 is 0 Å². The summed E-state index contributed by atoms with van der Waals surface area (Å²) in [6.45, 7) is 0.606. The third-order valence-corrected chi connectivity index (χ3v) is 3.13. The van der Waals surface area contributed by atoms with Gasteiger partial charge in [-0.2, -0.15) is 13.2 Å². The first-order chi connectivity index (χ1) is 10.4. The maximum Gasteiger partial charge on any atom is 0.416 e. The molecule has 0 unspecified atom stereocenters. The van der Waals surface area contributed by atoms with Crippen molar-refractivity contribution in [3.63, 3.8) is 0 Å². The van der Waals surface area contributed by atoms with Gasteiger partial charge in [0.25, 0.3) is 0 Å². The number of hydrogen-bond donors (Lipinski definition) is 1. The Hall–Kier alpha value is -2.08. The molecule has 0 spiro atoms.